The van der Waals surface area contributed by atoms with Gasteiger partial charge in [-0.3, -0.25) is 10.4 Å². The topological polar surface area (TPSA) is 67.0 Å². The van der Waals surface area contributed by atoms with Gasteiger partial charge in [-0.1, -0.05) is 0 Å². The molecule has 0 unspecified atom stereocenters. The van der Waals surface area contributed by atoms with Crippen LogP contribution in [0.1, 0.15) is 11.4 Å². The molecule has 1 aromatic rings. The molecule has 66 valence electrons. The number of nitrogens with zero attached hydrogens (tertiary/aromatic N) is 1. The van der Waals surface area contributed by atoms with Crippen LogP contribution in [0.4, 0.5) is 10.5 Å². The van der Waals surface area contributed by atoms with Gasteiger partial charge in [-0.25, -0.2) is 4.79 Å². The average Bonchev–Trinajstić information content (AvgIpc) is 2.35. The van der Waals surface area contributed by atoms with Gasteiger partial charge in [0.25, 0.3) is 0 Å². The van der Waals surface area contributed by atoms with Crippen LogP contribution in [-0.2, 0) is 4.74 Å². The third kappa shape index (κ3) is 1.55. The number of carbonyl (C=O) groups is 1. The molecule has 0 radical (unpaired) electrons. The Morgan fingerprint density at radius 1 is 1.58 bits per heavy atom. The minimum Gasteiger partial charge on any atom is -0.453 e. The number of hydrogen-bond donors (Lipinski definition) is 2. The molecule has 0 aliphatic carbocycles. The van der Waals surface area contributed by atoms with Crippen LogP contribution >= 0.6 is 0 Å². The summed E-state index contributed by atoms with van der Waals surface area (Å²) in [5, 5.41) is 9.21. The Balaban J connectivity index is 2.80. The highest BCUT2D eigenvalue weighted by atomic mass is 16.5. The number of ether oxygens (including phenoxy) is 1. The van der Waals surface area contributed by atoms with E-state index in [-0.39, 0.29) is 0 Å². The molecule has 0 bridgehead atoms. The maximum absolute atomic E-state index is 10.8. The van der Waals surface area contributed by atoms with Crippen molar-refractivity contribution in [2.24, 2.45) is 0 Å². The molecule has 1 aromatic heterocycles. The number of amides is 1. The summed E-state index contributed by atoms with van der Waals surface area (Å²) in [4.78, 5) is 10.8. The maximum Gasteiger partial charge on any atom is 0.411 e. The van der Waals surface area contributed by atoms with Gasteiger partial charge in [0, 0.05) is 0 Å². The van der Waals surface area contributed by atoms with Crippen LogP contribution in [0.15, 0.2) is 0 Å². The summed E-state index contributed by atoms with van der Waals surface area (Å²) in [6, 6.07) is 0. The van der Waals surface area contributed by atoms with Crippen LogP contribution in [0.25, 0.3) is 0 Å². The first-order valence-electron chi connectivity index (χ1n) is 3.51. The zero-order valence-corrected chi connectivity index (χ0v) is 7.26. The van der Waals surface area contributed by atoms with Crippen LogP contribution in [0.5, 0.6) is 0 Å². The Bertz CT molecular complexity index is 273. The van der Waals surface area contributed by atoms with Gasteiger partial charge in [-0.05, 0) is 13.8 Å². The molecule has 1 amide bonds. The second-order valence-corrected chi connectivity index (χ2v) is 2.43. The number of nitrogens with one attached hydrogen (secondary N) is 2. The molecular formula is C7H11N3O2. The fourth-order valence-electron chi connectivity index (χ4n) is 0.888. The molecule has 0 aromatic carbocycles. The molecule has 5 nitrogen and oxygen atoms in total. The number of aromatic amines is 1. The van der Waals surface area contributed by atoms with Crippen molar-refractivity contribution in [2.75, 3.05) is 12.4 Å². The predicted molar refractivity (Wildman–Crippen MR) is 44.1 cm³/mol. The van der Waals surface area contributed by atoms with E-state index in [2.05, 4.69) is 20.3 Å². The third-order valence-corrected chi connectivity index (χ3v) is 1.54. The van der Waals surface area contributed by atoms with E-state index in [1.807, 2.05) is 6.92 Å². The van der Waals surface area contributed by atoms with E-state index >= 15 is 0 Å². The Labute approximate surface area is 70.1 Å². The van der Waals surface area contributed by atoms with Gasteiger partial charge in [-0.2, -0.15) is 5.10 Å². The highest BCUT2D eigenvalue weighted by Crippen LogP contribution is 2.15. The van der Waals surface area contributed by atoms with Gasteiger partial charge in [-0.15, -0.1) is 0 Å². The summed E-state index contributed by atoms with van der Waals surface area (Å²) < 4.78 is 4.44. The van der Waals surface area contributed by atoms with Gasteiger partial charge >= 0.3 is 6.09 Å². The van der Waals surface area contributed by atoms with E-state index in [1.54, 1.807) is 6.92 Å². The number of hydrogen-bond acceptors (Lipinski definition) is 3. The minimum absolute atomic E-state index is 0.484. The first-order chi connectivity index (χ1) is 5.65. The average molecular weight is 169 g/mol. The largest absolute Gasteiger partial charge is 0.453 e. The SMILES string of the molecule is COC(=O)Nc1c(C)n[nH]c1C. The molecule has 12 heavy (non-hydrogen) atoms. The summed E-state index contributed by atoms with van der Waals surface area (Å²) in [5.41, 5.74) is 2.25. The number of aryl methyl sites for hydroxylation is 2. The van der Waals surface area contributed by atoms with Gasteiger partial charge in [0.1, 0.15) is 0 Å². The van der Waals surface area contributed by atoms with Gasteiger partial charge < -0.3 is 4.74 Å². The Morgan fingerprint density at radius 3 is 2.67 bits per heavy atom. The van der Waals surface area contributed by atoms with E-state index in [9.17, 15) is 4.79 Å². The number of anilines is 1. The zero-order valence-electron chi connectivity index (χ0n) is 7.26. The lowest BCUT2D eigenvalue weighted by Crippen LogP contribution is -2.11. The lowest BCUT2D eigenvalue weighted by Gasteiger charge is -2.01. The fraction of sp³-hybridized carbons (Fsp3) is 0.429. The van der Waals surface area contributed by atoms with Crippen LogP contribution in [-0.4, -0.2) is 23.4 Å². The Kier molecular flexibility index (Phi) is 2.32. The summed E-state index contributed by atoms with van der Waals surface area (Å²) in [5.74, 6) is 0. The monoisotopic (exact) mass is 169 g/mol. The second kappa shape index (κ2) is 3.25. The maximum atomic E-state index is 10.8. The van der Waals surface area contributed by atoms with E-state index in [4.69, 9.17) is 0 Å². The highest BCUT2D eigenvalue weighted by molar-refractivity contribution is 5.85. The molecule has 0 fully saturated rings. The first-order valence-corrected chi connectivity index (χ1v) is 3.51. The lowest BCUT2D eigenvalue weighted by atomic mass is 10.3. The Hall–Kier alpha value is -1.52. The Morgan fingerprint density at radius 2 is 2.25 bits per heavy atom. The van der Waals surface area contributed by atoms with Crippen LogP contribution < -0.4 is 5.32 Å². The summed E-state index contributed by atoms with van der Waals surface area (Å²) >= 11 is 0. The fourth-order valence-corrected chi connectivity index (χ4v) is 0.888. The summed E-state index contributed by atoms with van der Waals surface area (Å²) in [7, 11) is 1.32. The summed E-state index contributed by atoms with van der Waals surface area (Å²) in [6.45, 7) is 3.63. The lowest BCUT2D eigenvalue weighted by molar-refractivity contribution is 0.187. The smallest absolute Gasteiger partial charge is 0.411 e. The molecule has 0 aliphatic heterocycles. The van der Waals surface area contributed by atoms with Gasteiger partial charge in [0.05, 0.1) is 24.2 Å². The van der Waals surface area contributed by atoms with Crippen molar-refractivity contribution in [3.63, 3.8) is 0 Å². The van der Waals surface area contributed by atoms with Crippen LogP contribution in [0, 0.1) is 13.8 Å². The number of aromatic nitrogens is 2. The van der Waals surface area contributed by atoms with Crippen molar-refractivity contribution >= 4 is 11.8 Å². The quantitative estimate of drug-likeness (QED) is 0.663. The molecule has 0 saturated carbocycles. The van der Waals surface area contributed by atoms with E-state index in [1.165, 1.54) is 7.11 Å². The molecule has 0 saturated heterocycles. The molecule has 1 heterocycles. The number of H-pyrrole nitrogens is 1. The molecule has 0 spiro atoms. The first kappa shape index (κ1) is 8.58. The van der Waals surface area contributed by atoms with Crippen LogP contribution in [0.3, 0.4) is 0 Å². The molecule has 5 heteroatoms. The second-order valence-electron chi connectivity index (χ2n) is 2.43. The van der Waals surface area contributed by atoms with Crippen molar-refractivity contribution in [3.05, 3.63) is 11.4 Å². The van der Waals surface area contributed by atoms with Crippen molar-refractivity contribution in [3.8, 4) is 0 Å². The third-order valence-electron chi connectivity index (χ3n) is 1.54. The normalized spacial score (nSPS) is 9.58. The zero-order chi connectivity index (χ0) is 9.14. The highest BCUT2D eigenvalue weighted by Gasteiger charge is 2.08. The summed E-state index contributed by atoms with van der Waals surface area (Å²) in [6.07, 6.45) is -0.484. The van der Waals surface area contributed by atoms with Gasteiger partial charge in [0.2, 0.25) is 0 Å². The molecular weight excluding hydrogens is 158 g/mol. The van der Waals surface area contributed by atoms with Crippen molar-refractivity contribution < 1.29 is 9.53 Å². The molecule has 2 N–H and O–H groups in total. The molecule has 0 atom stereocenters. The van der Waals surface area contributed by atoms with Crippen molar-refractivity contribution in [1.29, 1.82) is 0 Å². The minimum atomic E-state index is -0.484. The van der Waals surface area contributed by atoms with Crippen molar-refractivity contribution in [1.82, 2.24) is 10.2 Å². The van der Waals surface area contributed by atoms with E-state index < -0.39 is 6.09 Å². The van der Waals surface area contributed by atoms with E-state index in [0.717, 1.165) is 11.4 Å². The number of rotatable bonds is 1. The van der Waals surface area contributed by atoms with Crippen molar-refractivity contribution in [2.45, 2.75) is 13.8 Å². The van der Waals surface area contributed by atoms with Gasteiger partial charge in [0.15, 0.2) is 0 Å². The molecule has 1 rings (SSSR count). The standard InChI is InChI=1S/C7H11N3O2/c1-4-6(5(2)10-9-4)8-7(11)12-3/h1-3H3,(H,8,11)(H,9,10). The predicted octanol–water partition coefficient (Wildman–Crippen LogP) is 1.20. The van der Waals surface area contributed by atoms with Crippen LogP contribution in [0.2, 0.25) is 0 Å². The number of methoxy groups -OCH3 is 1. The number of carbonyl (C=O) groups excluding carboxylic acids is 1. The van der Waals surface area contributed by atoms with E-state index in [0.29, 0.717) is 5.69 Å². The molecule has 0 aliphatic rings.